The van der Waals surface area contributed by atoms with Gasteiger partial charge in [0.05, 0.1) is 11.8 Å². The fraction of sp³-hybridized carbons (Fsp3) is 0.727. The molecule has 1 N–H and O–H groups in total. The molecule has 82 valence electrons. The highest BCUT2D eigenvalue weighted by Gasteiger charge is 2.43. The van der Waals surface area contributed by atoms with E-state index in [0.717, 1.165) is 18.4 Å². The van der Waals surface area contributed by atoms with Crippen molar-refractivity contribution in [3.63, 3.8) is 0 Å². The molecule has 0 saturated carbocycles. The molecule has 0 aromatic carbocycles. The van der Waals surface area contributed by atoms with Crippen molar-refractivity contribution in [2.75, 3.05) is 0 Å². The van der Waals surface area contributed by atoms with Crippen LogP contribution in [0.4, 0.5) is 0 Å². The van der Waals surface area contributed by atoms with Gasteiger partial charge in [0.25, 0.3) is 0 Å². The third-order valence-corrected chi connectivity index (χ3v) is 5.11. The van der Waals surface area contributed by atoms with Crippen LogP contribution in [0, 0.1) is 0 Å². The minimum atomic E-state index is -0.680. The first-order chi connectivity index (χ1) is 7.26. The van der Waals surface area contributed by atoms with Crippen molar-refractivity contribution in [1.82, 2.24) is 5.16 Å². The second kappa shape index (κ2) is 3.52. The number of thioether (sulfide) groups is 1. The van der Waals surface area contributed by atoms with Crippen molar-refractivity contribution in [2.24, 2.45) is 0 Å². The zero-order valence-corrected chi connectivity index (χ0v) is 9.37. The van der Waals surface area contributed by atoms with Gasteiger partial charge in [0.2, 0.25) is 0 Å². The summed E-state index contributed by atoms with van der Waals surface area (Å²) in [7, 11) is 0. The maximum Gasteiger partial charge on any atom is 0.129 e. The molecule has 0 radical (unpaired) electrons. The van der Waals surface area contributed by atoms with Crippen LogP contribution in [0.15, 0.2) is 17.0 Å². The number of hydrogen-bond donors (Lipinski definition) is 1. The SMILES string of the molecule is OC1(c2cnoc2)CC2CCCC(C1)S2. The molecule has 2 bridgehead atoms. The average Bonchev–Trinajstić information content (AvgIpc) is 2.69. The van der Waals surface area contributed by atoms with Gasteiger partial charge in [0.1, 0.15) is 6.26 Å². The van der Waals surface area contributed by atoms with E-state index in [1.54, 1.807) is 12.5 Å². The lowest BCUT2D eigenvalue weighted by Gasteiger charge is -2.43. The van der Waals surface area contributed by atoms with Crippen LogP contribution in [0.25, 0.3) is 0 Å². The highest BCUT2D eigenvalue weighted by atomic mass is 32.2. The highest BCUT2D eigenvalue weighted by Crippen LogP contribution is 2.49. The van der Waals surface area contributed by atoms with Crippen LogP contribution < -0.4 is 0 Å². The van der Waals surface area contributed by atoms with Crippen molar-refractivity contribution in [1.29, 1.82) is 0 Å². The second-order valence-electron chi connectivity index (χ2n) is 4.66. The van der Waals surface area contributed by atoms with Gasteiger partial charge >= 0.3 is 0 Å². The first-order valence-electron chi connectivity index (χ1n) is 5.54. The number of aliphatic hydroxyl groups is 1. The van der Waals surface area contributed by atoms with Crippen LogP contribution in [-0.2, 0) is 5.60 Å². The molecule has 2 fully saturated rings. The molecule has 3 rings (SSSR count). The Labute approximate surface area is 93.2 Å². The number of aromatic nitrogens is 1. The summed E-state index contributed by atoms with van der Waals surface area (Å²) in [6.07, 6.45) is 8.77. The third-order valence-electron chi connectivity index (χ3n) is 3.54. The number of fused-ring (bicyclic) bond motifs is 2. The molecule has 3 nitrogen and oxygen atoms in total. The summed E-state index contributed by atoms with van der Waals surface area (Å²) in [5, 5.41) is 15.6. The molecule has 2 aliphatic rings. The summed E-state index contributed by atoms with van der Waals surface area (Å²) in [5.74, 6) is 0. The zero-order valence-electron chi connectivity index (χ0n) is 8.56. The summed E-state index contributed by atoms with van der Waals surface area (Å²) in [6.45, 7) is 0. The lowest BCUT2D eigenvalue weighted by Crippen LogP contribution is -2.40. The van der Waals surface area contributed by atoms with Crippen molar-refractivity contribution in [3.05, 3.63) is 18.0 Å². The van der Waals surface area contributed by atoms with Gasteiger partial charge in [-0.1, -0.05) is 11.6 Å². The maximum absolute atomic E-state index is 10.6. The molecule has 1 aromatic heterocycles. The number of nitrogens with zero attached hydrogens (tertiary/aromatic N) is 1. The van der Waals surface area contributed by atoms with Crippen LogP contribution in [0.1, 0.15) is 37.7 Å². The summed E-state index contributed by atoms with van der Waals surface area (Å²) in [6, 6.07) is 0. The van der Waals surface area contributed by atoms with Crippen molar-refractivity contribution < 1.29 is 9.63 Å². The first kappa shape index (κ1) is 9.73. The largest absolute Gasteiger partial charge is 0.385 e. The van der Waals surface area contributed by atoms with Gasteiger partial charge in [-0.15, -0.1) is 0 Å². The Kier molecular flexibility index (Phi) is 2.29. The van der Waals surface area contributed by atoms with E-state index < -0.39 is 5.60 Å². The molecule has 2 atom stereocenters. The van der Waals surface area contributed by atoms with Crippen LogP contribution in [0.5, 0.6) is 0 Å². The molecule has 4 heteroatoms. The van der Waals surface area contributed by atoms with E-state index in [1.807, 2.05) is 0 Å². The Morgan fingerprint density at radius 1 is 1.40 bits per heavy atom. The smallest absolute Gasteiger partial charge is 0.129 e. The van der Waals surface area contributed by atoms with Gasteiger partial charge in [0, 0.05) is 16.1 Å². The normalized spacial score (nSPS) is 40.3. The van der Waals surface area contributed by atoms with E-state index in [4.69, 9.17) is 4.52 Å². The van der Waals surface area contributed by atoms with E-state index in [2.05, 4.69) is 16.9 Å². The van der Waals surface area contributed by atoms with E-state index in [-0.39, 0.29) is 0 Å². The molecule has 2 unspecified atom stereocenters. The third kappa shape index (κ3) is 1.70. The van der Waals surface area contributed by atoms with Crippen molar-refractivity contribution in [3.8, 4) is 0 Å². The van der Waals surface area contributed by atoms with Crippen molar-refractivity contribution in [2.45, 2.75) is 48.2 Å². The van der Waals surface area contributed by atoms with Crippen LogP contribution in [0.3, 0.4) is 0 Å². The van der Waals surface area contributed by atoms with Gasteiger partial charge in [-0.25, -0.2) is 0 Å². The summed E-state index contributed by atoms with van der Waals surface area (Å²) < 4.78 is 4.84. The molecular weight excluding hydrogens is 210 g/mol. The number of rotatable bonds is 1. The minimum absolute atomic E-state index is 0.623. The standard InChI is InChI=1S/C11H15NO2S/c13-11(8-6-12-14-7-8)4-9-2-1-3-10(5-11)15-9/h6-7,9-10,13H,1-5H2. The predicted molar refractivity (Wildman–Crippen MR) is 58.7 cm³/mol. The summed E-state index contributed by atoms with van der Waals surface area (Å²) in [4.78, 5) is 0. The molecule has 15 heavy (non-hydrogen) atoms. The molecule has 2 saturated heterocycles. The van der Waals surface area contributed by atoms with E-state index in [9.17, 15) is 5.11 Å². The summed E-state index contributed by atoms with van der Waals surface area (Å²) in [5.41, 5.74) is 0.181. The van der Waals surface area contributed by atoms with Gasteiger partial charge in [-0.05, 0) is 25.7 Å². The number of hydrogen-bond acceptors (Lipinski definition) is 4. The lowest BCUT2D eigenvalue weighted by molar-refractivity contribution is 0.00763. The Bertz CT molecular complexity index is 326. The Hall–Kier alpha value is -0.480. The van der Waals surface area contributed by atoms with Crippen LogP contribution in [0.2, 0.25) is 0 Å². The zero-order chi connectivity index (χ0) is 10.3. The molecule has 2 aliphatic heterocycles. The topological polar surface area (TPSA) is 46.3 Å². The molecule has 0 amide bonds. The van der Waals surface area contributed by atoms with Gasteiger partial charge in [-0.3, -0.25) is 0 Å². The highest BCUT2D eigenvalue weighted by molar-refractivity contribution is 8.00. The maximum atomic E-state index is 10.6. The quantitative estimate of drug-likeness (QED) is 0.796. The van der Waals surface area contributed by atoms with E-state index in [1.165, 1.54) is 19.3 Å². The van der Waals surface area contributed by atoms with E-state index in [0.29, 0.717) is 10.5 Å². The van der Waals surface area contributed by atoms with Gasteiger partial charge < -0.3 is 9.63 Å². The first-order valence-corrected chi connectivity index (χ1v) is 6.48. The molecule has 1 aromatic rings. The van der Waals surface area contributed by atoms with Crippen LogP contribution in [-0.4, -0.2) is 20.8 Å². The van der Waals surface area contributed by atoms with Crippen molar-refractivity contribution >= 4 is 11.8 Å². The molecule has 3 heterocycles. The average molecular weight is 225 g/mol. The Balaban J connectivity index is 1.87. The Morgan fingerprint density at radius 3 is 2.73 bits per heavy atom. The lowest BCUT2D eigenvalue weighted by atomic mass is 9.82. The van der Waals surface area contributed by atoms with E-state index >= 15 is 0 Å². The van der Waals surface area contributed by atoms with Crippen LogP contribution >= 0.6 is 11.8 Å². The molecule has 0 spiro atoms. The van der Waals surface area contributed by atoms with Gasteiger partial charge in [-0.2, -0.15) is 11.8 Å². The second-order valence-corrected chi connectivity index (χ2v) is 6.27. The Morgan fingerprint density at radius 2 is 2.13 bits per heavy atom. The molecule has 0 aliphatic carbocycles. The molecular formula is C11H15NO2S. The monoisotopic (exact) mass is 225 g/mol. The minimum Gasteiger partial charge on any atom is -0.385 e. The fourth-order valence-corrected chi connectivity index (χ4v) is 4.68. The summed E-state index contributed by atoms with van der Waals surface area (Å²) >= 11 is 2.06. The predicted octanol–water partition coefficient (Wildman–Crippen LogP) is 2.31. The fourth-order valence-electron chi connectivity index (χ4n) is 2.79. The van der Waals surface area contributed by atoms with Gasteiger partial charge in [0.15, 0.2) is 0 Å².